The molecule has 8 fully saturated rings. The van der Waals surface area contributed by atoms with Crippen LogP contribution in [0, 0.1) is 46.3 Å². The fourth-order valence-corrected chi connectivity index (χ4v) is 18.4. The van der Waals surface area contributed by atoms with Crippen LogP contribution in [0.3, 0.4) is 0 Å². The van der Waals surface area contributed by atoms with Crippen LogP contribution in [0.1, 0.15) is 194 Å². The molecule has 0 saturated heterocycles. The van der Waals surface area contributed by atoms with Gasteiger partial charge in [-0.1, -0.05) is 238 Å². The number of benzene rings is 6. The molecular weight excluding hydrogens is 1180 g/mol. The summed E-state index contributed by atoms with van der Waals surface area (Å²) in [5.74, 6) is 6.02. The maximum absolute atomic E-state index is 2.58. The van der Waals surface area contributed by atoms with Crippen LogP contribution >= 0.6 is 0 Å². The van der Waals surface area contributed by atoms with Crippen molar-refractivity contribution in [1.29, 1.82) is 0 Å². The van der Waals surface area contributed by atoms with E-state index in [0.29, 0.717) is 10.8 Å². The summed E-state index contributed by atoms with van der Waals surface area (Å²) in [6.07, 6.45) is 20.5. The molecule has 8 saturated carbocycles. The Bertz CT molecular complexity index is 3160. The van der Waals surface area contributed by atoms with E-state index in [1.54, 1.807) is 34.5 Å². The van der Waals surface area contributed by atoms with Gasteiger partial charge in [0, 0.05) is 0 Å². The molecule has 8 aliphatic carbocycles. The van der Waals surface area contributed by atoms with Gasteiger partial charge < -0.3 is 24.8 Å². The van der Waals surface area contributed by atoms with Crippen molar-refractivity contribution in [2.24, 2.45) is 46.3 Å². The van der Waals surface area contributed by atoms with E-state index in [-0.39, 0.29) is 51.9 Å². The van der Waals surface area contributed by atoms with Crippen LogP contribution in [0.2, 0.25) is 13.1 Å². The van der Waals surface area contributed by atoms with Gasteiger partial charge in [-0.25, -0.2) is 0 Å². The molecule has 0 nitrogen and oxygen atoms in total. The van der Waals surface area contributed by atoms with Gasteiger partial charge in [-0.2, -0.15) is 12.1 Å². The van der Waals surface area contributed by atoms with E-state index in [1.165, 1.54) is 178 Å². The van der Waals surface area contributed by atoms with Crippen molar-refractivity contribution in [3.05, 3.63) is 179 Å². The topological polar surface area (TPSA) is 0 Å². The van der Waals surface area contributed by atoms with Crippen LogP contribution < -0.4 is 24.8 Å². The smallest absolute Gasteiger partial charge is 1.00 e. The quantitative estimate of drug-likeness (QED) is 0.105. The number of hydrogen-bond donors (Lipinski definition) is 0. The zero-order valence-corrected chi connectivity index (χ0v) is 59.9. The molecule has 0 unspecified atom stereocenters. The van der Waals surface area contributed by atoms with Gasteiger partial charge in [0.05, 0.1) is 0 Å². The fourth-order valence-electron chi connectivity index (χ4n) is 18.4. The average Bonchev–Trinajstić information content (AvgIpc) is 1.33. The zero-order chi connectivity index (χ0) is 59.3. The number of hydrogen-bond acceptors (Lipinski definition) is 0. The molecule has 0 spiro atoms. The van der Waals surface area contributed by atoms with Crippen LogP contribution in [-0.4, -0.2) is 5.43 Å². The van der Waals surface area contributed by atoms with Gasteiger partial charge in [-0.15, -0.1) is 44.8 Å². The summed E-state index contributed by atoms with van der Waals surface area (Å²) in [6.45, 7) is 32.2. The molecule has 452 valence electrons. The third-order valence-corrected chi connectivity index (χ3v) is 21.6. The largest absolute Gasteiger partial charge is 1.00 e. The molecule has 0 aliphatic heterocycles. The summed E-state index contributed by atoms with van der Waals surface area (Å²) >= 11 is 1.74. The third kappa shape index (κ3) is 13.9. The Morgan fingerprint density at radius 2 is 0.570 bits per heavy atom. The second kappa shape index (κ2) is 24.8. The van der Waals surface area contributed by atoms with Gasteiger partial charge in [-0.3, -0.25) is 0 Å². The molecule has 86 heavy (non-hydrogen) atoms. The maximum atomic E-state index is 2.58. The van der Waals surface area contributed by atoms with Crippen molar-refractivity contribution >= 4 is 27.0 Å². The molecule has 0 amide bonds. The first-order chi connectivity index (χ1) is 39.6. The molecular formula is C82H100Cl2SiZr-2. The predicted molar refractivity (Wildman–Crippen MR) is 362 cm³/mol. The van der Waals surface area contributed by atoms with E-state index in [2.05, 4.69) is 242 Å². The van der Waals surface area contributed by atoms with Crippen LogP contribution in [0.5, 0.6) is 0 Å². The molecule has 8 aromatic carbocycles. The molecule has 8 aliphatic rings. The molecule has 0 aromatic heterocycles. The Labute approximate surface area is 548 Å². The number of fused-ring (bicyclic) bond motifs is 2. The second-order valence-electron chi connectivity index (χ2n) is 33.2. The van der Waals surface area contributed by atoms with Crippen LogP contribution in [-0.2, 0) is 57.8 Å². The minimum atomic E-state index is 0. The van der Waals surface area contributed by atoms with Crippen LogP contribution in [0.4, 0.5) is 0 Å². The molecule has 0 radical (unpaired) electrons. The predicted octanol–water partition coefficient (Wildman–Crippen LogP) is 17.3. The molecule has 8 aromatic rings. The standard InChI is InChI=1S/2C40H47.C2H6Si.2ClH.Zr/c2*1-38(2,3)32-11-7-30(8-12-32)34-15-16-35(31-9-13-33(14-10-31)39(4,5)6)37-21-29(20-36(34)37)25-40-22-26-17-27(23-40)19-28(18-26)24-40;1-3-2;;;/h2*7-16,20-21,26-28H,17-19,22-25H2,1-6H3;1-2H3;2*1H;/q2*-1;;;;+2/p-2. The summed E-state index contributed by atoms with van der Waals surface area (Å²) in [5, 5.41) is 5.72. The number of rotatable bonds is 8. The van der Waals surface area contributed by atoms with Gasteiger partial charge in [0.25, 0.3) is 0 Å². The summed E-state index contributed by atoms with van der Waals surface area (Å²) in [4.78, 5) is 0. The van der Waals surface area contributed by atoms with Crippen molar-refractivity contribution < 1.29 is 48.1 Å². The Morgan fingerprint density at radius 3 is 0.791 bits per heavy atom. The van der Waals surface area contributed by atoms with E-state index in [4.69, 9.17) is 0 Å². The second-order valence-corrected chi connectivity index (χ2v) is 42.6. The monoisotopic (exact) mass is 1270 g/mol. The van der Waals surface area contributed by atoms with Crippen molar-refractivity contribution in [3.8, 4) is 44.5 Å². The van der Waals surface area contributed by atoms with Crippen molar-refractivity contribution in [2.75, 3.05) is 0 Å². The van der Waals surface area contributed by atoms with E-state index in [9.17, 15) is 0 Å². The summed E-state index contributed by atoms with van der Waals surface area (Å²) in [5.41, 5.74) is 21.6. The minimum Gasteiger partial charge on any atom is -1.00 e. The molecule has 4 heteroatoms. The van der Waals surface area contributed by atoms with Crippen molar-refractivity contribution in [3.63, 3.8) is 0 Å². The molecule has 0 heterocycles. The molecule has 0 N–H and O–H groups in total. The first-order valence-electron chi connectivity index (χ1n) is 33.1. The summed E-state index contributed by atoms with van der Waals surface area (Å²) < 4.78 is 0. The van der Waals surface area contributed by atoms with Crippen molar-refractivity contribution in [2.45, 2.75) is 208 Å². The number of halogens is 2. The van der Waals surface area contributed by atoms with Gasteiger partial charge in [0.15, 0.2) is 0 Å². The first kappa shape index (κ1) is 65.2. The van der Waals surface area contributed by atoms with Gasteiger partial charge in [-0.05, 0) is 191 Å². The summed E-state index contributed by atoms with van der Waals surface area (Å²) in [7, 11) is 0. The summed E-state index contributed by atoms with van der Waals surface area (Å²) in [6, 6.07) is 57.3. The fraction of sp³-hybridized carbons (Fsp3) is 0.488. The van der Waals surface area contributed by atoms with Gasteiger partial charge >= 0.3 is 41.9 Å². The van der Waals surface area contributed by atoms with Gasteiger partial charge in [0.1, 0.15) is 0 Å². The van der Waals surface area contributed by atoms with Crippen LogP contribution in [0.15, 0.2) is 146 Å². The molecule has 8 bridgehead atoms. The Hall–Kier alpha value is -3.78. The van der Waals surface area contributed by atoms with E-state index < -0.39 is 0 Å². The first-order valence-corrected chi connectivity index (χ1v) is 39.2. The molecule has 0 atom stereocenters. The SMILES string of the molecule is CC(C)(C)c1ccc(-c2ccc(-c3ccc(C(C)(C)C)cc3)c3[cH-]c(CC45CC6CC(CC(C6)C4)C5)cc23)cc1.CC(C)(C)c1ccc(-c2ccc(-c3ccc(C(C)(C)C)cc3)c3[cH-]c(CC45CC6CC(CC(C6)C4)C5)cc23)cc1.C[Si](C)=[Zr+2].[Cl-].[Cl-]. The van der Waals surface area contributed by atoms with E-state index in [0.717, 1.165) is 35.5 Å². The average molecular weight is 1280 g/mol. The van der Waals surface area contributed by atoms with E-state index >= 15 is 0 Å². The normalized spacial score (nSPS) is 24.6. The van der Waals surface area contributed by atoms with Crippen molar-refractivity contribution in [1.82, 2.24) is 0 Å². The Morgan fingerprint density at radius 1 is 0.360 bits per heavy atom. The van der Waals surface area contributed by atoms with Crippen LogP contribution in [0.25, 0.3) is 66.1 Å². The molecule has 16 rings (SSSR count). The maximum Gasteiger partial charge on any atom is -1.00 e. The van der Waals surface area contributed by atoms with E-state index in [1.807, 2.05) is 0 Å². The zero-order valence-electron chi connectivity index (χ0n) is 55.0. The Kier molecular flexibility index (Phi) is 18.8. The van der Waals surface area contributed by atoms with Gasteiger partial charge in [0.2, 0.25) is 0 Å². The minimum absolute atomic E-state index is 0. The third-order valence-electron chi connectivity index (χ3n) is 21.6. The Balaban J connectivity index is 0.000000176.